The van der Waals surface area contributed by atoms with Gasteiger partial charge >= 0.3 is 0 Å². The average Bonchev–Trinajstić information content (AvgIpc) is 2.41. The number of rotatable bonds is 2. The summed E-state index contributed by atoms with van der Waals surface area (Å²) in [5.41, 5.74) is 6.12. The van der Waals surface area contributed by atoms with Crippen LogP contribution in [0.1, 0.15) is 52.4 Å². The van der Waals surface area contributed by atoms with Gasteiger partial charge in [0, 0.05) is 25.0 Å². The highest BCUT2D eigenvalue weighted by atomic mass is 16.2. The van der Waals surface area contributed by atoms with E-state index in [4.69, 9.17) is 5.73 Å². The lowest BCUT2D eigenvalue weighted by molar-refractivity contribution is -0.140. The summed E-state index contributed by atoms with van der Waals surface area (Å²) < 4.78 is 0. The number of likely N-dealkylation sites (tertiary alicyclic amines) is 1. The first kappa shape index (κ1) is 13.9. The van der Waals surface area contributed by atoms with E-state index >= 15 is 0 Å². The van der Waals surface area contributed by atoms with E-state index in [0.717, 1.165) is 38.3 Å². The van der Waals surface area contributed by atoms with E-state index in [0.29, 0.717) is 11.8 Å². The van der Waals surface area contributed by atoms with Crippen LogP contribution in [0.3, 0.4) is 0 Å². The van der Waals surface area contributed by atoms with E-state index < -0.39 is 0 Å². The summed E-state index contributed by atoms with van der Waals surface area (Å²) in [5, 5.41) is 0. The summed E-state index contributed by atoms with van der Waals surface area (Å²) in [6, 6.07) is 0.222. The summed E-state index contributed by atoms with van der Waals surface area (Å²) in [5.74, 6) is 1.64. The van der Waals surface area contributed by atoms with E-state index in [1.54, 1.807) is 0 Å². The Kier molecular flexibility index (Phi) is 4.66. The number of carbonyl (C=O) groups is 1. The third-order valence-corrected chi connectivity index (χ3v) is 5.09. The van der Waals surface area contributed by atoms with Gasteiger partial charge in [-0.1, -0.05) is 26.7 Å². The van der Waals surface area contributed by atoms with Gasteiger partial charge in [-0.25, -0.2) is 0 Å². The molecular weight excluding hydrogens is 224 g/mol. The van der Waals surface area contributed by atoms with Crippen molar-refractivity contribution in [3.63, 3.8) is 0 Å². The van der Waals surface area contributed by atoms with Gasteiger partial charge in [0.2, 0.25) is 5.91 Å². The minimum atomic E-state index is 0.185. The zero-order valence-corrected chi connectivity index (χ0v) is 11.9. The number of amides is 1. The molecule has 1 amide bonds. The van der Waals surface area contributed by atoms with Gasteiger partial charge in [-0.15, -0.1) is 0 Å². The van der Waals surface area contributed by atoms with Crippen LogP contribution in [-0.4, -0.2) is 29.9 Å². The molecule has 2 fully saturated rings. The van der Waals surface area contributed by atoms with Crippen LogP contribution in [-0.2, 0) is 4.79 Å². The molecule has 1 saturated heterocycles. The fourth-order valence-electron chi connectivity index (χ4n) is 3.58. The molecule has 1 heterocycles. The smallest absolute Gasteiger partial charge is 0.226 e. The van der Waals surface area contributed by atoms with E-state index in [2.05, 4.69) is 18.7 Å². The quantitative estimate of drug-likeness (QED) is 0.820. The Hall–Kier alpha value is -0.570. The lowest BCUT2D eigenvalue weighted by Crippen LogP contribution is -2.48. The van der Waals surface area contributed by atoms with Gasteiger partial charge in [0.25, 0.3) is 0 Å². The van der Waals surface area contributed by atoms with Crippen molar-refractivity contribution in [1.82, 2.24) is 4.90 Å². The monoisotopic (exact) mass is 252 g/mol. The molecule has 18 heavy (non-hydrogen) atoms. The molecule has 3 heteroatoms. The Balaban J connectivity index is 1.97. The molecular formula is C15H28N2O. The maximum absolute atomic E-state index is 12.6. The first-order chi connectivity index (χ1) is 8.63. The minimum Gasteiger partial charge on any atom is -0.342 e. The molecule has 104 valence electrons. The summed E-state index contributed by atoms with van der Waals surface area (Å²) in [6.07, 6.45) is 6.91. The van der Waals surface area contributed by atoms with Crippen molar-refractivity contribution < 1.29 is 4.79 Å². The van der Waals surface area contributed by atoms with Gasteiger partial charge in [0.15, 0.2) is 0 Å². The van der Waals surface area contributed by atoms with Crippen LogP contribution in [0.4, 0.5) is 0 Å². The lowest BCUT2D eigenvalue weighted by atomic mass is 9.76. The van der Waals surface area contributed by atoms with Crippen LogP contribution in [0, 0.1) is 17.8 Å². The Bertz CT molecular complexity index is 292. The van der Waals surface area contributed by atoms with Crippen molar-refractivity contribution in [3.8, 4) is 0 Å². The zero-order valence-electron chi connectivity index (χ0n) is 11.9. The van der Waals surface area contributed by atoms with Crippen molar-refractivity contribution in [3.05, 3.63) is 0 Å². The van der Waals surface area contributed by atoms with Gasteiger partial charge in [-0.3, -0.25) is 4.79 Å². The highest BCUT2D eigenvalue weighted by Gasteiger charge is 2.36. The van der Waals surface area contributed by atoms with Crippen molar-refractivity contribution in [2.24, 2.45) is 23.5 Å². The van der Waals surface area contributed by atoms with Crippen LogP contribution in [0.2, 0.25) is 0 Å². The molecule has 1 aliphatic carbocycles. The Labute approximate surface area is 111 Å². The second kappa shape index (κ2) is 6.05. The summed E-state index contributed by atoms with van der Waals surface area (Å²) in [4.78, 5) is 14.8. The van der Waals surface area contributed by atoms with Crippen LogP contribution >= 0.6 is 0 Å². The van der Waals surface area contributed by atoms with Crippen LogP contribution in [0.25, 0.3) is 0 Å². The third-order valence-electron chi connectivity index (χ3n) is 5.09. The number of hydrogen-bond donors (Lipinski definition) is 1. The SMILES string of the molecule is CCC1CCCN(C(=O)C2CCCC(N)C2C)C1. The largest absolute Gasteiger partial charge is 0.342 e. The van der Waals surface area contributed by atoms with Gasteiger partial charge in [-0.05, 0) is 37.5 Å². The maximum atomic E-state index is 12.6. The van der Waals surface area contributed by atoms with Crippen molar-refractivity contribution in [2.45, 2.75) is 58.4 Å². The summed E-state index contributed by atoms with van der Waals surface area (Å²) >= 11 is 0. The normalized spacial score (nSPS) is 37.6. The zero-order chi connectivity index (χ0) is 13.1. The molecule has 4 atom stereocenters. The highest BCUT2D eigenvalue weighted by molar-refractivity contribution is 5.79. The molecule has 0 aromatic carbocycles. The molecule has 0 spiro atoms. The predicted octanol–water partition coefficient (Wildman–Crippen LogP) is 2.40. The molecule has 0 bridgehead atoms. The van der Waals surface area contributed by atoms with Gasteiger partial charge < -0.3 is 10.6 Å². The van der Waals surface area contributed by atoms with E-state index in [9.17, 15) is 4.79 Å². The first-order valence-corrected chi connectivity index (χ1v) is 7.67. The Morgan fingerprint density at radius 2 is 2.06 bits per heavy atom. The standard InChI is InChI=1S/C15H28N2O/c1-3-12-6-5-9-17(10-12)15(18)13-7-4-8-14(16)11(13)2/h11-14H,3-10,16H2,1-2H3. The fraction of sp³-hybridized carbons (Fsp3) is 0.933. The Morgan fingerprint density at radius 1 is 1.28 bits per heavy atom. The van der Waals surface area contributed by atoms with Crippen LogP contribution < -0.4 is 5.73 Å². The number of carbonyl (C=O) groups excluding carboxylic acids is 1. The van der Waals surface area contributed by atoms with Gasteiger partial charge in [0.1, 0.15) is 0 Å². The highest BCUT2D eigenvalue weighted by Crippen LogP contribution is 2.32. The van der Waals surface area contributed by atoms with E-state index in [1.165, 1.54) is 19.3 Å². The molecule has 3 nitrogen and oxygen atoms in total. The molecule has 2 aliphatic rings. The molecule has 0 aromatic rings. The molecule has 1 aliphatic heterocycles. The molecule has 2 N–H and O–H groups in total. The van der Waals surface area contributed by atoms with E-state index in [1.807, 2.05) is 0 Å². The molecule has 2 rings (SSSR count). The molecule has 0 radical (unpaired) electrons. The van der Waals surface area contributed by atoms with Crippen molar-refractivity contribution >= 4 is 5.91 Å². The minimum absolute atomic E-state index is 0.185. The predicted molar refractivity (Wildman–Crippen MR) is 74.1 cm³/mol. The second-order valence-corrected chi connectivity index (χ2v) is 6.26. The number of piperidine rings is 1. The Morgan fingerprint density at radius 3 is 2.78 bits per heavy atom. The second-order valence-electron chi connectivity index (χ2n) is 6.26. The molecule has 0 aromatic heterocycles. The maximum Gasteiger partial charge on any atom is 0.226 e. The van der Waals surface area contributed by atoms with Crippen LogP contribution in [0.5, 0.6) is 0 Å². The number of nitrogens with two attached hydrogens (primary N) is 1. The van der Waals surface area contributed by atoms with E-state index in [-0.39, 0.29) is 12.0 Å². The number of nitrogens with zero attached hydrogens (tertiary/aromatic N) is 1. The topological polar surface area (TPSA) is 46.3 Å². The van der Waals surface area contributed by atoms with Gasteiger partial charge in [0.05, 0.1) is 0 Å². The average molecular weight is 252 g/mol. The fourth-order valence-corrected chi connectivity index (χ4v) is 3.58. The molecule has 1 saturated carbocycles. The molecule has 4 unspecified atom stereocenters. The lowest BCUT2D eigenvalue weighted by Gasteiger charge is -2.39. The van der Waals surface area contributed by atoms with Crippen molar-refractivity contribution in [2.75, 3.05) is 13.1 Å². The number of hydrogen-bond acceptors (Lipinski definition) is 2. The first-order valence-electron chi connectivity index (χ1n) is 7.67. The third kappa shape index (κ3) is 2.87. The summed E-state index contributed by atoms with van der Waals surface area (Å²) in [7, 11) is 0. The van der Waals surface area contributed by atoms with Crippen molar-refractivity contribution in [1.29, 1.82) is 0 Å². The van der Waals surface area contributed by atoms with Crippen LogP contribution in [0.15, 0.2) is 0 Å². The van der Waals surface area contributed by atoms with Gasteiger partial charge in [-0.2, -0.15) is 0 Å². The summed E-state index contributed by atoms with van der Waals surface area (Å²) in [6.45, 7) is 6.34.